The number of benzene rings is 1. The Morgan fingerprint density at radius 3 is 2.68 bits per heavy atom. The second kappa shape index (κ2) is 7.96. The van der Waals surface area contributed by atoms with E-state index in [4.69, 9.17) is 0 Å². The highest BCUT2D eigenvalue weighted by Crippen LogP contribution is 2.30. The summed E-state index contributed by atoms with van der Waals surface area (Å²) in [4.78, 5) is 29.6. The van der Waals surface area contributed by atoms with E-state index in [-0.39, 0.29) is 18.0 Å². The molecule has 3 aromatic rings. The molecule has 0 radical (unpaired) electrons. The topological polar surface area (TPSA) is 81.3 Å². The summed E-state index contributed by atoms with van der Waals surface area (Å²) in [5.41, 5.74) is 1.54. The van der Waals surface area contributed by atoms with E-state index in [1.54, 1.807) is 4.57 Å². The van der Waals surface area contributed by atoms with E-state index in [1.807, 2.05) is 37.3 Å². The van der Waals surface area contributed by atoms with Crippen LogP contribution in [0.5, 0.6) is 0 Å². The molecule has 1 amide bonds. The minimum absolute atomic E-state index is 0.102. The third-order valence-corrected chi connectivity index (χ3v) is 5.42. The Hall–Kier alpha value is -2.96. The highest BCUT2D eigenvalue weighted by atomic mass is 16.2. The maximum atomic E-state index is 12.5. The van der Waals surface area contributed by atoms with Gasteiger partial charge in [-0.2, -0.15) is 9.50 Å². The molecule has 7 heteroatoms. The quantitative estimate of drug-likeness (QED) is 0.739. The lowest BCUT2D eigenvalue weighted by Gasteiger charge is -2.17. The molecule has 1 aromatic carbocycles. The lowest BCUT2D eigenvalue weighted by Crippen LogP contribution is -2.30. The molecular weight excluding hydrogens is 354 g/mol. The lowest BCUT2D eigenvalue weighted by atomic mass is 9.89. The number of nitrogens with one attached hydrogen (secondary N) is 1. The van der Waals surface area contributed by atoms with Crippen LogP contribution >= 0.6 is 0 Å². The fourth-order valence-corrected chi connectivity index (χ4v) is 3.84. The monoisotopic (exact) mass is 379 g/mol. The average Bonchev–Trinajstić information content (AvgIpc) is 3.17. The minimum Gasteiger partial charge on any atom is -0.350 e. The second-order valence-corrected chi connectivity index (χ2v) is 7.49. The smallest absolute Gasteiger partial charge is 0.275 e. The predicted molar refractivity (Wildman–Crippen MR) is 106 cm³/mol. The van der Waals surface area contributed by atoms with Gasteiger partial charge in [-0.3, -0.25) is 9.59 Å². The summed E-state index contributed by atoms with van der Waals surface area (Å²) in [6, 6.07) is 11.3. The molecule has 0 unspecified atom stereocenters. The van der Waals surface area contributed by atoms with Gasteiger partial charge in [-0.1, -0.05) is 49.6 Å². The molecule has 28 heavy (non-hydrogen) atoms. The van der Waals surface area contributed by atoms with Gasteiger partial charge in [0.2, 0.25) is 11.7 Å². The maximum absolute atomic E-state index is 12.5. The summed E-state index contributed by atoms with van der Waals surface area (Å²) in [7, 11) is 0. The largest absolute Gasteiger partial charge is 0.350 e. The zero-order chi connectivity index (χ0) is 19.5. The van der Waals surface area contributed by atoms with Gasteiger partial charge >= 0.3 is 0 Å². The zero-order valence-electron chi connectivity index (χ0n) is 16.1. The van der Waals surface area contributed by atoms with Gasteiger partial charge in [-0.05, 0) is 25.3 Å². The Morgan fingerprint density at radius 2 is 1.93 bits per heavy atom. The van der Waals surface area contributed by atoms with Crippen molar-refractivity contribution in [2.24, 2.45) is 0 Å². The van der Waals surface area contributed by atoms with E-state index in [0.717, 1.165) is 24.2 Å². The lowest BCUT2D eigenvalue weighted by molar-refractivity contribution is -0.121. The van der Waals surface area contributed by atoms with E-state index in [2.05, 4.69) is 15.4 Å². The van der Waals surface area contributed by atoms with E-state index >= 15 is 0 Å². The Bertz CT molecular complexity index is 1030. The highest BCUT2D eigenvalue weighted by molar-refractivity contribution is 5.76. The van der Waals surface area contributed by atoms with Crippen molar-refractivity contribution in [3.8, 4) is 0 Å². The molecule has 146 valence electrons. The van der Waals surface area contributed by atoms with Crippen LogP contribution in [0, 0.1) is 6.92 Å². The number of hydrogen-bond donors (Lipinski definition) is 1. The van der Waals surface area contributed by atoms with Gasteiger partial charge in [-0.25, -0.2) is 0 Å². The highest BCUT2D eigenvalue weighted by Gasteiger charge is 2.22. The standard InChI is InChI=1S/C21H25N5O2/c1-15-12-19(28)26-21(23-20(24-26)17-10-6-3-7-11-17)25(15)14-18(27)22-13-16-8-4-2-5-9-16/h2,4-5,8-9,12,17H,3,6-7,10-11,13-14H2,1H3,(H,22,27). The molecule has 7 nitrogen and oxygen atoms in total. The van der Waals surface area contributed by atoms with Crippen molar-refractivity contribution in [1.29, 1.82) is 0 Å². The molecule has 4 rings (SSSR count). The normalized spacial score (nSPS) is 15.0. The van der Waals surface area contributed by atoms with Gasteiger partial charge in [0.1, 0.15) is 6.54 Å². The van der Waals surface area contributed by atoms with Crippen LogP contribution in [0.4, 0.5) is 0 Å². The molecule has 2 aromatic heterocycles. The molecule has 1 saturated carbocycles. The summed E-state index contributed by atoms with van der Waals surface area (Å²) in [5.74, 6) is 1.34. The molecule has 1 aliphatic rings. The van der Waals surface area contributed by atoms with Crippen LogP contribution in [0.3, 0.4) is 0 Å². The van der Waals surface area contributed by atoms with Crippen molar-refractivity contribution in [3.05, 3.63) is 63.8 Å². The summed E-state index contributed by atoms with van der Waals surface area (Å²) in [5, 5.41) is 7.41. The number of fused-ring (bicyclic) bond motifs is 1. The van der Waals surface area contributed by atoms with Crippen molar-refractivity contribution < 1.29 is 4.79 Å². The molecule has 0 saturated heterocycles. The number of carbonyl (C=O) groups excluding carboxylic acids is 1. The first kappa shape index (κ1) is 18.4. The maximum Gasteiger partial charge on any atom is 0.275 e. The fourth-order valence-electron chi connectivity index (χ4n) is 3.84. The number of rotatable bonds is 5. The van der Waals surface area contributed by atoms with E-state index in [1.165, 1.54) is 29.8 Å². The van der Waals surface area contributed by atoms with Crippen LogP contribution in [0.2, 0.25) is 0 Å². The van der Waals surface area contributed by atoms with Crippen LogP contribution in [-0.2, 0) is 17.9 Å². The molecule has 2 heterocycles. The molecule has 0 atom stereocenters. The van der Waals surface area contributed by atoms with E-state index < -0.39 is 0 Å². The van der Waals surface area contributed by atoms with Crippen LogP contribution in [-0.4, -0.2) is 25.1 Å². The van der Waals surface area contributed by atoms with E-state index in [0.29, 0.717) is 23.9 Å². The Morgan fingerprint density at radius 1 is 1.18 bits per heavy atom. The number of aryl methyl sites for hydroxylation is 1. The Balaban J connectivity index is 1.58. The molecule has 1 N–H and O–H groups in total. The fraction of sp³-hybridized carbons (Fsp3) is 0.429. The third-order valence-electron chi connectivity index (χ3n) is 5.42. The van der Waals surface area contributed by atoms with Crippen molar-refractivity contribution in [2.75, 3.05) is 0 Å². The predicted octanol–water partition coefficient (Wildman–Crippen LogP) is 2.56. The molecule has 0 bridgehead atoms. The van der Waals surface area contributed by atoms with Crippen LogP contribution in [0.25, 0.3) is 5.78 Å². The van der Waals surface area contributed by atoms with Gasteiger partial charge in [0, 0.05) is 24.2 Å². The SMILES string of the molecule is Cc1cc(=O)n2nc(C3CCCCC3)nc2n1CC(=O)NCc1ccccc1. The van der Waals surface area contributed by atoms with Crippen LogP contribution in [0.15, 0.2) is 41.2 Å². The van der Waals surface area contributed by atoms with Crippen molar-refractivity contribution in [1.82, 2.24) is 24.5 Å². The summed E-state index contributed by atoms with van der Waals surface area (Å²) >= 11 is 0. The van der Waals surface area contributed by atoms with E-state index in [9.17, 15) is 9.59 Å². The second-order valence-electron chi connectivity index (χ2n) is 7.49. The minimum atomic E-state index is -0.206. The van der Waals surface area contributed by atoms with Gasteiger partial charge in [0.05, 0.1) is 0 Å². The molecule has 0 aliphatic heterocycles. The van der Waals surface area contributed by atoms with Crippen molar-refractivity contribution in [3.63, 3.8) is 0 Å². The van der Waals surface area contributed by atoms with Gasteiger partial charge in [0.15, 0.2) is 5.82 Å². The molecule has 1 aliphatic carbocycles. The van der Waals surface area contributed by atoms with Crippen molar-refractivity contribution in [2.45, 2.75) is 58.0 Å². The van der Waals surface area contributed by atoms with Crippen LogP contribution in [0.1, 0.15) is 55.1 Å². The average molecular weight is 379 g/mol. The third kappa shape index (κ3) is 3.83. The van der Waals surface area contributed by atoms with Crippen LogP contribution < -0.4 is 10.9 Å². The zero-order valence-corrected chi connectivity index (χ0v) is 16.1. The number of nitrogens with zero attached hydrogens (tertiary/aromatic N) is 4. The first-order valence-electron chi connectivity index (χ1n) is 9.89. The number of hydrogen-bond acceptors (Lipinski definition) is 4. The number of amides is 1. The first-order chi connectivity index (χ1) is 13.6. The van der Waals surface area contributed by atoms with Gasteiger partial charge in [0.25, 0.3) is 5.56 Å². The van der Waals surface area contributed by atoms with Gasteiger partial charge < -0.3 is 9.88 Å². The number of carbonyl (C=O) groups is 1. The number of aromatic nitrogens is 4. The summed E-state index contributed by atoms with van der Waals surface area (Å²) in [6.45, 7) is 2.39. The molecular formula is C21H25N5O2. The van der Waals surface area contributed by atoms with Gasteiger partial charge in [-0.15, -0.1) is 5.10 Å². The summed E-state index contributed by atoms with van der Waals surface area (Å²) < 4.78 is 3.10. The first-order valence-corrected chi connectivity index (χ1v) is 9.89. The van der Waals surface area contributed by atoms with Crippen molar-refractivity contribution >= 4 is 11.7 Å². The Kier molecular flexibility index (Phi) is 5.23. The summed E-state index contributed by atoms with van der Waals surface area (Å²) in [6.07, 6.45) is 5.71. The Labute approximate surface area is 163 Å². The molecule has 1 fully saturated rings. The molecule has 0 spiro atoms.